The maximum Gasteiger partial charge on any atom is 0.138 e. The predicted octanol–water partition coefficient (Wildman–Crippen LogP) is 13.8. The molecule has 6 N–H and O–H groups in total. The molecule has 354 valence electrons. The molecule has 0 amide bonds. The number of nitrogens with two attached hydrogens (primary N) is 2. The molecule has 10 aromatic carbocycles. The molecule has 0 fully saturated rings. The number of fused-ring (bicyclic) bond motifs is 3. The van der Waals surface area contributed by atoms with Crippen LogP contribution in [0.3, 0.4) is 0 Å². The van der Waals surface area contributed by atoms with Crippen LogP contribution >= 0.6 is 0 Å². The van der Waals surface area contributed by atoms with Crippen LogP contribution < -0.4 is 20.9 Å². The summed E-state index contributed by atoms with van der Waals surface area (Å²) in [6.07, 6.45) is 0. The predicted molar refractivity (Wildman–Crippen MR) is 299 cm³/mol. The normalized spacial score (nSPS) is 11.4. The molecular weight excluding hydrogens is 921 g/mol. The minimum atomic E-state index is -1.16. The summed E-state index contributed by atoms with van der Waals surface area (Å²) in [5.74, 6) is 30.6. The first-order chi connectivity index (χ1) is 36.8. The zero-order chi connectivity index (χ0) is 51.1. The molecule has 6 nitrogen and oxygen atoms in total. The fourth-order valence-electron chi connectivity index (χ4n) is 9.44. The summed E-state index contributed by atoms with van der Waals surface area (Å²) < 4.78 is 12.8. The molecule has 0 aromatic heterocycles. The van der Waals surface area contributed by atoms with Crippen molar-refractivity contribution in [1.82, 2.24) is 0 Å². The fraction of sp³-hybridized carbons (Fsp3) is 0.0145. The third kappa shape index (κ3) is 9.59. The lowest BCUT2D eigenvalue weighted by Gasteiger charge is -2.35. The molecule has 0 aliphatic heterocycles. The van der Waals surface area contributed by atoms with Crippen LogP contribution in [-0.2, 0) is 5.41 Å². The lowest BCUT2D eigenvalue weighted by atomic mass is 9.65. The molecule has 0 bridgehead atoms. The Bertz CT molecular complexity index is 3770. The van der Waals surface area contributed by atoms with E-state index in [2.05, 4.69) is 95.9 Å². The molecule has 0 spiro atoms. The highest BCUT2D eigenvalue weighted by Gasteiger charge is 2.50. The van der Waals surface area contributed by atoms with E-state index in [1.807, 2.05) is 146 Å². The van der Waals surface area contributed by atoms with E-state index in [0.29, 0.717) is 23.0 Å². The maximum atomic E-state index is 10.2. The monoisotopic (exact) mass is 964 g/mol. The highest BCUT2D eigenvalue weighted by Crippen LogP contribution is 2.60. The summed E-state index contributed by atoms with van der Waals surface area (Å²) in [7, 11) is 0. The van der Waals surface area contributed by atoms with Gasteiger partial charge in [-0.25, -0.2) is 0 Å². The summed E-state index contributed by atoms with van der Waals surface area (Å²) in [5.41, 5.74) is 23.4. The topological polar surface area (TPSA) is 111 Å². The van der Waals surface area contributed by atoms with Crippen LogP contribution in [0.1, 0.15) is 66.8 Å². The second-order valence-electron chi connectivity index (χ2n) is 17.7. The van der Waals surface area contributed by atoms with Crippen molar-refractivity contribution in [2.75, 3.05) is 11.5 Å². The van der Waals surface area contributed by atoms with Crippen molar-refractivity contribution in [2.24, 2.45) is 0 Å². The van der Waals surface area contributed by atoms with E-state index in [1.54, 1.807) is 24.3 Å². The summed E-state index contributed by atoms with van der Waals surface area (Å²) in [6, 6.07) is 73.8. The summed E-state index contributed by atoms with van der Waals surface area (Å²) in [6.45, 7) is 0. The lowest BCUT2D eigenvalue weighted by Crippen LogP contribution is -2.30. The minimum absolute atomic E-state index is 0.0280. The zero-order valence-corrected chi connectivity index (χ0v) is 40.3. The molecule has 75 heavy (non-hydrogen) atoms. The molecule has 0 saturated heterocycles. The number of anilines is 2. The summed E-state index contributed by atoms with van der Waals surface area (Å²) >= 11 is 0. The average molecular weight is 965 g/mol. The Kier molecular flexibility index (Phi) is 12.8. The van der Waals surface area contributed by atoms with Gasteiger partial charge in [-0.2, -0.15) is 0 Å². The van der Waals surface area contributed by atoms with Crippen molar-refractivity contribution < 1.29 is 19.7 Å². The van der Waals surface area contributed by atoms with Gasteiger partial charge in [-0.3, -0.25) is 0 Å². The fourth-order valence-corrected chi connectivity index (χ4v) is 9.44. The van der Waals surface area contributed by atoms with Crippen LogP contribution in [0.25, 0.3) is 11.1 Å². The molecule has 0 atom stereocenters. The minimum Gasteiger partial charge on any atom is -0.506 e. The molecule has 11 rings (SSSR count). The van der Waals surface area contributed by atoms with Gasteiger partial charge in [0, 0.05) is 67.8 Å². The number of phenolic OH excluding ortho intramolecular Hbond substituents is 2. The number of ether oxygens (including phenoxy) is 2. The van der Waals surface area contributed by atoms with Gasteiger partial charge in [-0.1, -0.05) is 144 Å². The van der Waals surface area contributed by atoms with Crippen LogP contribution in [0, 0.1) is 47.4 Å². The number of phenols is 2. The number of hydrogen-bond acceptors (Lipinski definition) is 6. The van der Waals surface area contributed by atoms with E-state index in [1.165, 1.54) is 12.1 Å². The smallest absolute Gasteiger partial charge is 0.138 e. The van der Waals surface area contributed by atoms with Crippen molar-refractivity contribution in [3.05, 3.63) is 297 Å². The van der Waals surface area contributed by atoms with Gasteiger partial charge in [0.2, 0.25) is 0 Å². The number of rotatable bonds is 6. The van der Waals surface area contributed by atoms with E-state index >= 15 is 0 Å². The van der Waals surface area contributed by atoms with Crippen LogP contribution in [0.5, 0.6) is 34.5 Å². The van der Waals surface area contributed by atoms with Crippen LogP contribution in [0.15, 0.2) is 231 Å². The van der Waals surface area contributed by atoms with E-state index in [-0.39, 0.29) is 22.9 Å². The van der Waals surface area contributed by atoms with Gasteiger partial charge in [0.05, 0.1) is 16.8 Å². The van der Waals surface area contributed by atoms with Crippen molar-refractivity contribution in [3.63, 3.8) is 0 Å². The van der Waals surface area contributed by atoms with E-state index in [9.17, 15) is 10.2 Å². The first kappa shape index (κ1) is 46.6. The Morgan fingerprint density at radius 2 is 0.600 bits per heavy atom. The van der Waals surface area contributed by atoms with Gasteiger partial charge in [-0.15, -0.1) is 0 Å². The molecule has 0 saturated carbocycles. The van der Waals surface area contributed by atoms with Crippen molar-refractivity contribution in [1.29, 1.82) is 0 Å². The van der Waals surface area contributed by atoms with Crippen molar-refractivity contribution >= 4 is 11.4 Å². The van der Waals surface area contributed by atoms with Crippen molar-refractivity contribution in [3.8, 4) is 93.0 Å². The van der Waals surface area contributed by atoms with Crippen LogP contribution in [-0.4, -0.2) is 10.2 Å². The van der Waals surface area contributed by atoms with Gasteiger partial charge in [-0.05, 0) is 144 Å². The number of benzene rings is 10. The van der Waals surface area contributed by atoms with E-state index < -0.39 is 5.41 Å². The summed E-state index contributed by atoms with van der Waals surface area (Å²) in [5, 5.41) is 20.4. The van der Waals surface area contributed by atoms with Gasteiger partial charge < -0.3 is 31.2 Å². The van der Waals surface area contributed by atoms with Gasteiger partial charge >= 0.3 is 0 Å². The third-order valence-electron chi connectivity index (χ3n) is 12.9. The Balaban J connectivity index is 1.26. The van der Waals surface area contributed by atoms with E-state index in [4.69, 9.17) is 20.9 Å². The zero-order valence-electron chi connectivity index (χ0n) is 40.3. The molecule has 1 aliphatic carbocycles. The van der Waals surface area contributed by atoms with E-state index in [0.717, 1.165) is 77.9 Å². The first-order valence-electron chi connectivity index (χ1n) is 24.2. The van der Waals surface area contributed by atoms with Crippen LogP contribution in [0.4, 0.5) is 11.4 Å². The highest BCUT2D eigenvalue weighted by atomic mass is 16.5. The standard InChI is InChI=1S/C69H44N2O4/c70-61-45-59(41-43-63(61)72)74-57-37-33-55(34-38-57)69(56-35-39-58(40-36-56)75-60-42-44-64(73)62(71)46-60)67-53(27-23-49-17-9-3-10-18-49)31-29-51(25-21-47-13-5-1-6-14-47)65(67)66-52(26-22-48-15-7-2-8-16-48)30-32-54(68(66)69)28-24-50-19-11-4-12-20-50/h1-20,29-46,72-73H,70-71H2. The van der Waals surface area contributed by atoms with Gasteiger partial charge in [0.25, 0.3) is 0 Å². The number of nitrogen functional groups attached to an aromatic ring is 2. The molecular formula is C69H44N2O4. The van der Waals surface area contributed by atoms with Gasteiger partial charge in [0.15, 0.2) is 0 Å². The Morgan fingerprint density at radius 1 is 0.307 bits per heavy atom. The Morgan fingerprint density at radius 3 is 0.920 bits per heavy atom. The maximum absolute atomic E-state index is 10.2. The molecule has 10 aromatic rings. The SMILES string of the molecule is Nc1cc(Oc2ccc(C3(c4ccc(Oc5ccc(O)c(N)c5)cc4)c4c(C#Cc5ccccc5)ccc(C#Cc5ccccc5)c4-c4c(C#Cc5ccccc5)ccc(C#Cc5ccccc5)c43)cc2)ccc1O. The summed E-state index contributed by atoms with van der Waals surface area (Å²) in [4.78, 5) is 0. The van der Waals surface area contributed by atoms with Crippen molar-refractivity contribution in [2.45, 2.75) is 5.41 Å². The molecule has 0 heterocycles. The second-order valence-corrected chi connectivity index (χ2v) is 17.7. The Labute approximate surface area is 436 Å². The molecule has 0 radical (unpaired) electrons. The third-order valence-corrected chi connectivity index (χ3v) is 12.9. The average Bonchev–Trinajstić information content (AvgIpc) is 3.81. The largest absolute Gasteiger partial charge is 0.506 e. The molecule has 6 heteroatoms. The lowest BCUT2D eigenvalue weighted by molar-refractivity contribution is 0.466. The second kappa shape index (κ2) is 20.5. The number of aromatic hydroxyl groups is 2. The number of hydrogen-bond donors (Lipinski definition) is 4. The highest BCUT2D eigenvalue weighted by molar-refractivity contribution is 5.96. The molecule has 0 unspecified atom stereocenters. The first-order valence-corrected chi connectivity index (χ1v) is 24.2. The molecule has 1 aliphatic rings. The van der Waals surface area contributed by atoms with Crippen LogP contribution in [0.2, 0.25) is 0 Å². The Hall–Kier alpha value is -10.8. The quantitative estimate of drug-likeness (QED) is 0.0751. The van der Waals surface area contributed by atoms with Gasteiger partial charge in [0.1, 0.15) is 34.5 Å².